The van der Waals surface area contributed by atoms with Gasteiger partial charge in [0.1, 0.15) is 12.1 Å². The van der Waals surface area contributed by atoms with Crippen LogP contribution < -0.4 is 4.74 Å². The fraction of sp³-hybridized carbons (Fsp3) is 0.111. The molecular formula is C18H15N3O. The third kappa shape index (κ3) is 2.09. The molecule has 4 nitrogen and oxygen atoms in total. The van der Waals surface area contributed by atoms with Gasteiger partial charge in [-0.2, -0.15) is 0 Å². The highest BCUT2D eigenvalue weighted by atomic mass is 16.5. The van der Waals surface area contributed by atoms with E-state index in [-0.39, 0.29) is 0 Å². The smallest absolute Gasteiger partial charge is 0.240 e. The second-order valence-electron chi connectivity index (χ2n) is 5.27. The Morgan fingerprint density at radius 1 is 1.00 bits per heavy atom. The van der Waals surface area contributed by atoms with E-state index < -0.39 is 0 Å². The maximum atomic E-state index is 5.98. The number of ether oxygens (including phenoxy) is 1. The first kappa shape index (κ1) is 12.8. The lowest BCUT2D eigenvalue weighted by atomic mass is 10.1. The molecule has 4 rings (SSSR count). The SMILES string of the molecule is Cn1cnc2ccnc(OCc3cccc4ccccc34)c21. The standard InChI is InChI=1S/C18H15N3O/c1-21-12-20-16-9-10-19-18(17(16)21)22-11-14-7-4-6-13-5-2-3-8-15(13)14/h2-10,12H,11H2,1H3. The van der Waals surface area contributed by atoms with Gasteiger partial charge in [-0.05, 0) is 22.4 Å². The van der Waals surface area contributed by atoms with Crippen LogP contribution in [0.1, 0.15) is 5.56 Å². The molecule has 0 atom stereocenters. The predicted molar refractivity (Wildman–Crippen MR) is 86.8 cm³/mol. The van der Waals surface area contributed by atoms with Gasteiger partial charge in [0.25, 0.3) is 0 Å². The van der Waals surface area contributed by atoms with Crippen molar-refractivity contribution >= 4 is 21.8 Å². The quantitative estimate of drug-likeness (QED) is 0.577. The number of pyridine rings is 1. The van der Waals surface area contributed by atoms with Crippen LogP contribution in [0.3, 0.4) is 0 Å². The van der Waals surface area contributed by atoms with Crippen molar-refractivity contribution in [3.05, 3.63) is 66.6 Å². The van der Waals surface area contributed by atoms with Gasteiger partial charge in [-0.15, -0.1) is 0 Å². The summed E-state index contributed by atoms with van der Waals surface area (Å²) in [6, 6.07) is 16.5. The van der Waals surface area contributed by atoms with Crippen molar-refractivity contribution in [2.24, 2.45) is 7.05 Å². The number of fused-ring (bicyclic) bond motifs is 2. The van der Waals surface area contributed by atoms with Crippen LogP contribution in [0.2, 0.25) is 0 Å². The first-order valence-corrected chi connectivity index (χ1v) is 7.18. The first-order valence-electron chi connectivity index (χ1n) is 7.18. The Kier molecular flexibility index (Phi) is 3.00. The van der Waals surface area contributed by atoms with E-state index in [1.165, 1.54) is 10.8 Å². The van der Waals surface area contributed by atoms with E-state index in [1.54, 1.807) is 12.5 Å². The molecule has 2 aromatic heterocycles. The number of benzene rings is 2. The highest BCUT2D eigenvalue weighted by molar-refractivity contribution is 5.85. The summed E-state index contributed by atoms with van der Waals surface area (Å²) in [4.78, 5) is 8.68. The molecule has 0 amide bonds. The Morgan fingerprint density at radius 3 is 2.82 bits per heavy atom. The molecule has 0 aliphatic heterocycles. The van der Waals surface area contributed by atoms with Gasteiger partial charge in [0.2, 0.25) is 5.88 Å². The van der Waals surface area contributed by atoms with Crippen molar-refractivity contribution in [3.8, 4) is 5.88 Å². The van der Waals surface area contributed by atoms with Gasteiger partial charge < -0.3 is 9.30 Å². The molecule has 2 aromatic carbocycles. The van der Waals surface area contributed by atoms with Crippen molar-refractivity contribution in [1.29, 1.82) is 0 Å². The van der Waals surface area contributed by atoms with E-state index in [0.717, 1.165) is 16.6 Å². The average Bonchev–Trinajstić information content (AvgIpc) is 2.95. The molecule has 0 unspecified atom stereocenters. The highest BCUT2D eigenvalue weighted by Crippen LogP contribution is 2.24. The molecule has 4 aromatic rings. The first-order chi connectivity index (χ1) is 10.8. The number of hydrogen-bond donors (Lipinski definition) is 0. The third-order valence-corrected chi connectivity index (χ3v) is 3.84. The van der Waals surface area contributed by atoms with E-state index in [0.29, 0.717) is 12.5 Å². The van der Waals surface area contributed by atoms with E-state index >= 15 is 0 Å². The molecule has 0 saturated carbocycles. The van der Waals surface area contributed by atoms with Crippen LogP contribution in [-0.4, -0.2) is 14.5 Å². The van der Waals surface area contributed by atoms with Crippen molar-refractivity contribution in [2.75, 3.05) is 0 Å². The molecule has 0 saturated heterocycles. The molecule has 22 heavy (non-hydrogen) atoms. The lowest BCUT2D eigenvalue weighted by molar-refractivity contribution is 0.298. The summed E-state index contributed by atoms with van der Waals surface area (Å²) in [5.74, 6) is 0.616. The van der Waals surface area contributed by atoms with Gasteiger partial charge >= 0.3 is 0 Å². The fourth-order valence-electron chi connectivity index (χ4n) is 2.74. The van der Waals surface area contributed by atoms with Crippen molar-refractivity contribution < 1.29 is 4.74 Å². The summed E-state index contributed by atoms with van der Waals surface area (Å²) in [6.45, 7) is 0.485. The van der Waals surface area contributed by atoms with Crippen molar-refractivity contribution in [1.82, 2.24) is 14.5 Å². The number of aryl methyl sites for hydroxylation is 1. The highest BCUT2D eigenvalue weighted by Gasteiger charge is 2.09. The molecule has 0 aliphatic carbocycles. The summed E-state index contributed by atoms with van der Waals surface area (Å²) >= 11 is 0. The molecule has 0 fully saturated rings. The van der Waals surface area contributed by atoms with E-state index in [1.807, 2.05) is 29.8 Å². The number of hydrogen-bond acceptors (Lipinski definition) is 3. The van der Waals surface area contributed by atoms with Gasteiger partial charge in [-0.3, -0.25) is 0 Å². The topological polar surface area (TPSA) is 39.9 Å². The Balaban J connectivity index is 1.70. The second-order valence-corrected chi connectivity index (χ2v) is 5.27. The van der Waals surface area contributed by atoms with E-state index in [9.17, 15) is 0 Å². The zero-order valence-electron chi connectivity index (χ0n) is 12.2. The second kappa shape index (κ2) is 5.15. The van der Waals surface area contributed by atoms with Crippen LogP contribution in [0.25, 0.3) is 21.8 Å². The summed E-state index contributed by atoms with van der Waals surface area (Å²) in [5.41, 5.74) is 2.97. The van der Waals surface area contributed by atoms with E-state index in [2.05, 4.69) is 40.3 Å². The third-order valence-electron chi connectivity index (χ3n) is 3.84. The monoisotopic (exact) mass is 289 g/mol. The molecule has 0 spiro atoms. The Bertz CT molecular complexity index is 954. The zero-order chi connectivity index (χ0) is 14.9. The summed E-state index contributed by atoms with van der Waals surface area (Å²) in [5, 5.41) is 2.43. The normalized spacial score (nSPS) is 11.1. The van der Waals surface area contributed by atoms with Gasteiger partial charge in [0.15, 0.2) is 0 Å². The predicted octanol–water partition coefficient (Wildman–Crippen LogP) is 3.70. The minimum absolute atomic E-state index is 0.485. The number of imidazole rings is 1. The number of aromatic nitrogens is 3. The van der Waals surface area contributed by atoms with Crippen molar-refractivity contribution in [2.45, 2.75) is 6.61 Å². The molecule has 0 bridgehead atoms. The van der Waals surface area contributed by atoms with Gasteiger partial charge in [-0.25, -0.2) is 9.97 Å². The molecular weight excluding hydrogens is 274 g/mol. The Morgan fingerprint density at radius 2 is 1.86 bits per heavy atom. The van der Waals surface area contributed by atoms with Crippen LogP contribution in [0.5, 0.6) is 5.88 Å². The number of rotatable bonds is 3. The fourth-order valence-corrected chi connectivity index (χ4v) is 2.74. The molecule has 108 valence electrons. The molecule has 0 radical (unpaired) electrons. The van der Waals surface area contributed by atoms with Gasteiger partial charge in [-0.1, -0.05) is 42.5 Å². The largest absolute Gasteiger partial charge is 0.471 e. The van der Waals surface area contributed by atoms with E-state index in [4.69, 9.17) is 4.74 Å². The summed E-state index contributed by atoms with van der Waals surface area (Å²) < 4.78 is 7.91. The van der Waals surface area contributed by atoms with Crippen LogP contribution >= 0.6 is 0 Å². The minimum Gasteiger partial charge on any atom is -0.471 e. The van der Waals surface area contributed by atoms with Crippen LogP contribution in [-0.2, 0) is 13.7 Å². The molecule has 2 heterocycles. The average molecular weight is 289 g/mol. The maximum absolute atomic E-state index is 5.98. The van der Waals surface area contributed by atoms with Gasteiger partial charge in [0.05, 0.1) is 11.8 Å². The molecule has 4 heteroatoms. The van der Waals surface area contributed by atoms with Crippen LogP contribution in [0, 0.1) is 0 Å². The maximum Gasteiger partial charge on any atom is 0.240 e. The van der Waals surface area contributed by atoms with Crippen molar-refractivity contribution in [3.63, 3.8) is 0 Å². The minimum atomic E-state index is 0.485. The summed E-state index contributed by atoms with van der Waals surface area (Å²) in [7, 11) is 1.95. The van der Waals surface area contributed by atoms with Crippen LogP contribution in [0.4, 0.5) is 0 Å². The lowest BCUT2D eigenvalue weighted by Gasteiger charge is -2.09. The zero-order valence-corrected chi connectivity index (χ0v) is 12.2. The number of nitrogens with zero attached hydrogens (tertiary/aromatic N) is 3. The summed E-state index contributed by atoms with van der Waals surface area (Å²) in [6.07, 6.45) is 3.50. The lowest BCUT2D eigenvalue weighted by Crippen LogP contribution is -2.00. The Labute approximate surface area is 128 Å². The molecule has 0 N–H and O–H groups in total. The van der Waals surface area contributed by atoms with Gasteiger partial charge in [0, 0.05) is 13.2 Å². The molecule has 0 aliphatic rings. The van der Waals surface area contributed by atoms with Crippen LogP contribution in [0.15, 0.2) is 61.1 Å². The Hall–Kier alpha value is -2.88.